The molecule has 0 bridgehead atoms. The van der Waals surface area contributed by atoms with E-state index >= 15 is 0 Å². The third-order valence-electron chi connectivity index (χ3n) is 3.27. The van der Waals surface area contributed by atoms with Crippen LogP contribution in [0.15, 0.2) is 53.0 Å². The molecular formula is C18H18BrN3O4. The summed E-state index contributed by atoms with van der Waals surface area (Å²) in [5, 5.41) is 2.47. The van der Waals surface area contributed by atoms with Crippen LogP contribution in [0.4, 0.5) is 0 Å². The quantitative estimate of drug-likeness (QED) is 0.624. The van der Waals surface area contributed by atoms with E-state index in [1.165, 1.54) is 0 Å². The maximum atomic E-state index is 12.0. The fourth-order valence-corrected chi connectivity index (χ4v) is 2.48. The number of rotatable bonds is 6. The van der Waals surface area contributed by atoms with Crippen molar-refractivity contribution in [3.63, 3.8) is 0 Å². The lowest BCUT2D eigenvalue weighted by Gasteiger charge is -2.09. The van der Waals surface area contributed by atoms with Crippen LogP contribution in [-0.2, 0) is 4.79 Å². The van der Waals surface area contributed by atoms with Gasteiger partial charge < -0.3 is 10.1 Å². The minimum Gasteiger partial charge on any atom is -0.494 e. The number of ether oxygens (including phenoxy) is 1. The molecule has 0 aliphatic rings. The zero-order chi connectivity index (χ0) is 18.9. The van der Waals surface area contributed by atoms with Crippen LogP contribution < -0.4 is 20.9 Å². The molecule has 0 radical (unpaired) electrons. The minimum atomic E-state index is -0.551. The van der Waals surface area contributed by atoms with E-state index in [1.807, 2.05) is 6.92 Å². The number of carbonyl (C=O) groups excluding carboxylic acids is 3. The summed E-state index contributed by atoms with van der Waals surface area (Å²) in [6, 6.07) is 13.4. The highest BCUT2D eigenvalue weighted by molar-refractivity contribution is 9.10. The molecule has 0 aliphatic heterocycles. The predicted molar refractivity (Wildman–Crippen MR) is 99.7 cm³/mol. The van der Waals surface area contributed by atoms with E-state index in [0.29, 0.717) is 28.0 Å². The molecule has 7 nitrogen and oxygen atoms in total. The first-order valence-electron chi connectivity index (χ1n) is 7.86. The third-order valence-corrected chi connectivity index (χ3v) is 3.96. The van der Waals surface area contributed by atoms with Crippen LogP contribution in [0.5, 0.6) is 5.75 Å². The Balaban J connectivity index is 1.78. The van der Waals surface area contributed by atoms with Gasteiger partial charge in [-0.25, -0.2) is 0 Å². The van der Waals surface area contributed by atoms with E-state index in [4.69, 9.17) is 4.74 Å². The number of benzene rings is 2. The number of halogens is 1. The second-order valence-corrected chi connectivity index (χ2v) is 5.98. The molecule has 0 atom stereocenters. The highest BCUT2D eigenvalue weighted by atomic mass is 79.9. The minimum absolute atomic E-state index is 0.276. The van der Waals surface area contributed by atoms with E-state index in [2.05, 4.69) is 32.1 Å². The van der Waals surface area contributed by atoms with Gasteiger partial charge in [-0.15, -0.1) is 0 Å². The van der Waals surface area contributed by atoms with Crippen LogP contribution in [0.25, 0.3) is 0 Å². The molecule has 0 aromatic heterocycles. The third kappa shape index (κ3) is 5.59. The second kappa shape index (κ2) is 9.57. The lowest BCUT2D eigenvalue weighted by atomic mass is 10.2. The summed E-state index contributed by atoms with van der Waals surface area (Å²) in [6.45, 7) is 2.13. The van der Waals surface area contributed by atoms with Gasteiger partial charge in [-0.05, 0) is 59.3 Å². The smallest absolute Gasteiger partial charge is 0.270 e. The molecular weight excluding hydrogens is 402 g/mol. The molecule has 0 aliphatic carbocycles. The molecule has 0 fully saturated rings. The second-order valence-electron chi connectivity index (χ2n) is 5.12. The summed E-state index contributed by atoms with van der Waals surface area (Å²) in [6.07, 6.45) is 0. The molecule has 2 aromatic carbocycles. The normalized spacial score (nSPS) is 9.92. The van der Waals surface area contributed by atoms with Crippen molar-refractivity contribution in [3.05, 3.63) is 64.1 Å². The molecule has 3 N–H and O–H groups in total. The molecule has 3 amide bonds. The maximum Gasteiger partial charge on any atom is 0.270 e. The number of hydrazine groups is 1. The van der Waals surface area contributed by atoms with Gasteiger partial charge in [0.1, 0.15) is 5.75 Å². The van der Waals surface area contributed by atoms with Crippen molar-refractivity contribution >= 4 is 33.7 Å². The van der Waals surface area contributed by atoms with Gasteiger partial charge in [0.15, 0.2) is 0 Å². The van der Waals surface area contributed by atoms with Crippen LogP contribution in [0, 0.1) is 0 Å². The van der Waals surface area contributed by atoms with E-state index < -0.39 is 17.7 Å². The maximum absolute atomic E-state index is 12.0. The van der Waals surface area contributed by atoms with Crippen molar-refractivity contribution in [1.82, 2.24) is 16.2 Å². The molecule has 2 aromatic rings. The highest BCUT2D eigenvalue weighted by Crippen LogP contribution is 2.15. The molecule has 8 heteroatoms. The fraction of sp³-hybridized carbons (Fsp3) is 0.167. The lowest BCUT2D eigenvalue weighted by molar-refractivity contribution is -0.120. The Labute approximate surface area is 159 Å². The van der Waals surface area contributed by atoms with Gasteiger partial charge in [-0.2, -0.15) is 0 Å². The molecule has 0 unspecified atom stereocenters. The standard InChI is InChI=1S/C18H18BrN3O4/c1-2-26-13-9-7-12(8-10-13)17(24)20-11-16(23)21-22-18(25)14-5-3-4-6-15(14)19/h3-10H,2,11H2,1H3,(H,20,24)(H,21,23)(H,22,25). The lowest BCUT2D eigenvalue weighted by Crippen LogP contribution is -2.46. The largest absolute Gasteiger partial charge is 0.494 e. The zero-order valence-corrected chi connectivity index (χ0v) is 15.6. The van der Waals surface area contributed by atoms with Crippen LogP contribution in [0.1, 0.15) is 27.6 Å². The van der Waals surface area contributed by atoms with Crippen molar-refractivity contribution in [3.8, 4) is 5.75 Å². The number of carbonyl (C=O) groups is 3. The van der Waals surface area contributed by atoms with Crippen molar-refractivity contribution in [2.75, 3.05) is 13.2 Å². The Hall–Kier alpha value is -2.87. The van der Waals surface area contributed by atoms with Crippen molar-refractivity contribution in [2.45, 2.75) is 6.92 Å². The van der Waals surface area contributed by atoms with Gasteiger partial charge in [0, 0.05) is 10.0 Å². The van der Waals surface area contributed by atoms with E-state index in [0.717, 1.165) is 0 Å². The molecule has 0 heterocycles. The van der Waals surface area contributed by atoms with Gasteiger partial charge >= 0.3 is 0 Å². The summed E-state index contributed by atoms with van der Waals surface area (Å²) < 4.78 is 5.91. The first kappa shape index (κ1) is 19.5. The first-order chi connectivity index (χ1) is 12.5. The van der Waals surface area contributed by atoms with Crippen molar-refractivity contribution < 1.29 is 19.1 Å². The van der Waals surface area contributed by atoms with E-state index in [9.17, 15) is 14.4 Å². The summed E-state index contributed by atoms with van der Waals surface area (Å²) in [4.78, 5) is 35.7. The van der Waals surface area contributed by atoms with Crippen LogP contribution in [-0.4, -0.2) is 30.9 Å². The van der Waals surface area contributed by atoms with Gasteiger partial charge in [0.25, 0.3) is 17.7 Å². The average Bonchev–Trinajstić information content (AvgIpc) is 2.65. The Morgan fingerprint density at radius 2 is 1.65 bits per heavy atom. The van der Waals surface area contributed by atoms with Crippen molar-refractivity contribution in [1.29, 1.82) is 0 Å². The molecule has 136 valence electrons. The summed E-state index contributed by atoms with van der Waals surface area (Å²) in [7, 11) is 0. The molecule has 0 spiro atoms. The monoisotopic (exact) mass is 419 g/mol. The Morgan fingerprint density at radius 1 is 0.962 bits per heavy atom. The highest BCUT2D eigenvalue weighted by Gasteiger charge is 2.11. The number of nitrogens with one attached hydrogen (secondary N) is 3. The molecule has 2 rings (SSSR count). The number of hydrogen-bond acceptors (Lipinski definition) is 4. The van der Waals surface area contributed by atoms with E-state index in [-0.39, 0.29) is 6.54 Å². The van der Waals surface area contributed by atoms with Gasteiger partial charge in [-0.1, -0.05) is 12.1 Å². The van der Waals surface area contributed by atoms with Gasteiger partial charge in [-0.3, -0.25) is 25.2 Å². The van der Waals surface area contributed by atoms with Crippen LogP contribution >= 0.6 is 15.9 Å². The van der Waals surface area contributed by atoms with Crippen LogP contribution in [0.3, 0.4) is 0 Å². The predicted octanol–water partition coefficient (Wildman–Crippen LogP) is 2.04. The van der Waals surface area contributed by atoms with Crippen LogP contribution in [0.2, 0.25) is 0 Å². The van der Waals surface area contributed by atoms with Gasteiger partial charge in [0.05, 0.1) is 18.7 Å². The summed E-state index contributed by atoms with van der Waals surface area (Å²) >= 11 is 3.25. The fourth-order valence-electron chi connectivity index (χ4n) is 2.02. The number of amides is 3. The Morgan fingerprint density at radius 3 is 2.31 bits per heavy atom. The Kier molecular flexibility index (Phi) is 7.16. The topological polar surface area (TPSA) is 96.5 Å². The van der Waals surface area contributed by atoms with E-state index in [1.54, 1.807) is 48.5 Å². The SMILES string of the molecule is CCOc1ccc(C(=O)NCC(=O)NNC(=O)c2ccccc2Br)cc1. The summed E-state index contributed by atoms with van der Waals surface area (Å²) in [5.74, 6) is -0.759. The molecule has 26 heavy (non-hydrogen) atoms. The Bertz CT molecular complexity index is 793. The summed E-state index contributed by atoms with van der Waals surface area (Å²) in [5.41, 5.74) is 5.32. The molecule has 0 saturated heterocycles. The average molecular weight is 420 g/mol. The zero-order valence-electron chi connectivity index (χ0n) is 14.0. The van der Waals surface area contributed by atoms with Gasteiger partial charge in [0.2, 0.25) is 0 Å². The molecule has 0 saturated carbocycles. The first-order valence-corrected chi connectivity index (χ1v) is 8.65. The number of hydrogen-bond donors (Lipinski definition) is 3. The van der Waals surface area contributed by atoms with Crippen molar-refractivity contribution in [2.24, 2.45) is 0 Å².